The van der Waals surface area contributed by atoms with Crippen LogP contribution in [0.15, 0.2) is 10.6 Å². The lowest BCUT2D eigenvalue weighted by molar-refractivity contribution is 0.0902. The van der Waals surface area contributed by atoms with Gasteiger partial charge in [-0.2, -0.15) is 0 Å². The SMILES string of the molecule is Cc1cc(C(=O)NCC(C)(C)CO)no1. The molecule has 0 aliphatic rings. The summed E-state index contributed by atoms with van der Waals surface area (Å²) < 4.78 is 4.78. The molecular weight excluding hydrogens is 196 g/mol. The molecule has 15 heavy (non-hydrogen) atoms. The smallest absolute Gasteiger partial charge is 0.273 e. The Morgan fingerprint density at radius 1 is 1.67 bits per heavy atom. The highest BCUT2D eigenvalue weighted by molar-refractivity contribution is 5.92. The molecule has 1 heterocycles. The predicted octanol–water partition coefficient (Wildman–Crippen LogP) is 0.731. The van der Waals surface area contributed by atoms with Crippen LogP contribution in [0, 0.1) is 12.3 Å². The monoisotopic (exact) mass is 212 g/mol. The van der Waals surface area contributed by atoms with E-state index in [1.54, 1.807) is 13.0 Å². The number of aliphatic hydroxyl groups excluding tert-OH is 1. The number of aryl methyl sites for hydroxylation is 1. The topological polar surface area (TPSA) is 75.4 Å². The molecule has 5 heteroatoms. The Morgan fingerprint density at radius 2 is 2.33 bits per heavy atom. The number of nitrogens with one attached hydrogen (secondary N) is 1. The molecule has 1 aromatic heterocycles. The summed E-state index contributed by atoms with van der Waals surface area (Å²) in [5, 5.41) is 15.3. The zero-order chi connectivity index (χ0) is 11.5. The Kier molecular flexibility index (Phi) is 3.47. The van der Waals surface area contributed by atoms with Gasteiger partial charge < -0.3 is 14.9 Å². The van der Waals surface area contributed by atoms with Crippen molar-refractivity contribution < 1.29 is 14.4 Å². The fourth-order valence-electron chi connectivity index (χ4n) is 0.939. The molecule has 0 atom stereocenters. The predicted molar refractivity (Wildman–Crippen MR) is 54.4 cm³/mol. The molecule has 84 valence electrons. The van der Waals surface area contributed by atoms with Gasteiger partial charge >= 0.3 is 0 Å². The molecule has 0 bridgehead atoms. The number of carbonyl (C=O) groups is 1. The average Bonchev–Trinajstić information content (AvgIpc) is 2.61. The lowest BCUT2D eigenvalue weighted by Crippen LogP contribution is -2.36. The van der Waals surface area contributed by atoms with Crippen LogP contribution >= 0.6 is 0 Å². The van der Waals surface area contributed by atoms with E-state index < -0.39 is 0 Å². The van der Waals surface area contributed by atoms with E-state index in [-0.39, 0.29) is 23.6 Å². The fraction of sp³-hybridized carbons (Fsp3) is 0.600. The van der Waals surface area contributed by atoms with Gasteiger partial charge in [0.05, 0.1) is 0 Å². The van der Waals surface area contributed by atoms with Gasteiger partial charge in [-0.3, -0.25) is 4.79 Å². The number of hydrogen-bond acceptors (Lipinski definition) is 4. The lowest BCUT2D eigenvalue weighted by Gasteiger charge is -2.21. The second kappa shape index (κ2) is 4.44. The normalized spacial score (nSPS) is 11.5. The summed E-state index contributed by atoms with van der Waals surface area (Å²) in [6, 6.07) is 1.57. The summed E-state index contributed by atoms with van der Waals surface area (Å²) in [4.78, 5) is 11.5. The second-order valence-electron chi connectivity index (χ2n) is 4.33. The Bertz CT molecular complexity index is 344. The molecule has 1 rings (SSSR count). The zero-order valence-corrected chi connectivity index (χ0v) is 9.20. The van der Waals surface area contributed by atoms with Crippen molar-refractivity contribution in [2.24, 2.45) is 5.41 Å². The summed E-state index contributed by atoms with van der Waals surface area (Å²) in [5.41, 5.74) is -0.0599. The van der Waals surface area contributed by atoms with Crippen molar-refractivity contribution in [2.45, 2.75) is 20.8 Å². The number of rotatable bonds is 4. The summed E-state index contributed by atoms with van der Waals surface area (Å²) in [7, 11) is 0. The van der Waals surface area contributed by atoms with Crippen LogP contribution in [-0.4, -0.2) is 29.3 Å². The van der Waals surface area contributed by atoms with Crippen LogP contribution in [0.1, 0.15) is 30.1 Å². The Labute approximate surface area is 88.5 Å². The van der Waals surface area contributed by atoms with Gasteiger partial charge in [-0.15, -0.1) is 0 Å². The van der Waals surface area contributed by atoms with Crippen molar-refractivity contribution in [3.8, 4) is 0 Å². The Balaban J connectivity index is 2.50. The van der Waals surface area contributed by atoms with E-state index >= 15 is 0 Å². The van der Waals surface area contributed by atoms with E-state index in [0.29, 0.717) is 12.3 Å². The molecule has 0 radical (unpaired) electrons. The van der Waals surface area contributed by atoms with Gasteiger partial charge in [-0.05, 0) is 6.92 Å². The van der Waals surface area contributed by atoms with Crippen molar-refractivity contribution in [3.05, 3.63) is 17.5 Å². The van der Waals surface area contributed by atoms with Crippen LogP contribution in [0.2, 0.25) is 0 Å². The number of hydrogen-bond donors (Lipinski definition) is 2. The third kappa shape index (κ3) is 3.36. The third-order valence-electron chi connectivity index (χ3n) is 2.02. The van der Waals surface area contributed by atoms with E-state index in [2.05, 4.69) is 10.5 Å². The first-order chi connectivity index (χ1) is 6.94. The maximum absolute atomic E-state index is 11.5. The van der Waals surface area contributed by atoms with Gasteiger partial charge in [0.15, 0.2) is 5.69 Å². The van der Waals surface area contributed by atoms with Crippen LogP contribution in [0.4, 0.5) is 0 Å². The van der Waals surface area contributed by atoms with E-state index in [0.717, 1.165) is 0 Å². The molecule has 1 amide bonds. The van der Waals surface area contributed by atoms with Crippen LogP contribution in [0.3, 0.4) is 0 Å². The highest BCUT2D eigenvalue weighted by Crippen LogP contribution is 2.11. The molecule has 0 aliphatic carbocycles. The van der Waals surface area contributed by atoms with Crippen LogP contribution < -0.4 is 5.32 Å². The number of carbonyl (C=O) groups excluding carboxylic acids is 1. The fourth-order valence-corrected chi connectivity index (χ4v) is 0.939. The number of aliphatic hydroxyl groups is 1. The average molecular weight is 212 g/mol. The molecule has 2 N–H and O–H groups in total. The van der Waals surface area contributed by atoms with Crippen molar-refractivity contribution >= 4 is 5.91 Å². The maximum Gasteiger partial charge on any atom is 0.273 e. The van der Waals surface area contributed by atoms with Crippen LogP contribution in [0.25, 0.3) is 0 Å². The first-order valence-corrected chi connectivity index (χ1v) is 4.77. The zero-order valence-electron chi connectivity index (χ0n) is 9.20. The molecule has 0 unspecified atom stereocenters. The van der Waals surface area contributed by atoms with Gasteiger partial charge in [-0.1, -0.05) is 19.0 Å². The number of nitrogens with zero attached hydrogens (tertiary/aromatic N) is 1. The van der Waals surface area contributed by atoms with Gasteiger partial charge in [0.1, 0.15) is 5.76 Å². The van der Waals surface area contributed by atoms with Crippen molar-refractivity contribution in [3.63, 3.8) is 0 Å². The number of aromatic nitrogens is 1. The third-order valence-corrected chi connectivity index (χ3v) is 2.02. The van der Waals surface area contributed by atoms with E-state index in [4.69, 9.17) is 9.63 Å². The second-order valence-corrected chi connectivity index (χ2v) is 4.33. The van der Waals surface area contributed by atoms with Crippen molar-refractivity contribution in [1.82, 2.24) is 10.5 Å². The molecule has 0 spiro atoms. The lowest BCUT2D eigenvalue weighted by atomic mass is 9.95. The first kappa shape index (κ1) is 11.7. The summed E-state index contributed by atoms with van der Waals surface area (Å²) >= 11 is 0. The highest BCUT2D eigenvalue weighted by Gasteiger charge is 2.19. The standard InChI is InChI=1S/C10H16N2O3/c1-7-4-8(12-15-7)9(14)11-5-10(2,3)6-13/h4,13H,5-6H2,1-3H3,(H,11,14). The minimum Gasteiger partial charge on any atom is -0.396 e. The van der Waals surface area contributed by atoms with Gasteiger partial charge in [0, 0.05) is 24.6 Å². The molecular formula is C10H16N2O3. The van der Waals surface area contributed by atoms with Crippen molar-refractivity contribution in [2.75, 3.05) is 13.2 Å². The minimum absolute atomic E-state index is 0.0190. The van der Waals surface area contributed by atoms with E-state index in [1.807, 2.05) is 13.8 Å². The number of amides is 1. The van der Waals surface area contributed by atoms with Crippen LogP contribution in [0.5, 0.6) is 0 Å². The molecule has 0 aromatic carbocycles. The summed E-state index contributed by atoms with van der Waals surface area (Å²) in [6.45, 7) is 5.86. The van der Waals surface area contributed by atoms with Crippen LogP contribution in [-0.2, 0) is 0 Å². The Morgan fingerprint density at radius 3 is 2.80 bits per heavy atom. The highest BCUT2D eigenvalue weighted by atomic mass is 16.5. The molecule has 1 aromatic rings. The van der Waals surface area contributed by atoms with Gasteiger partial charge in [-0.25, -0.2) is 0 Å². The van der Waals surface area contributed by atoms with Gasteiger partial charge in [0.2, 0.25) is 0 Å². The summed E-state index contributed by atoms with van der Waals surface area (Å²) in [6.07, 6.45) is 0. The molecule has 5 nitrogen and oxygen atoms in total. The molecule has 0 saturated carbocycles. The largest absolute Gasteiger partial charge is 0.396 e. The molecule has 0 fully saturated rings. The summed E-state index contributed by atoms with van der Waals surface area (Å²) in [5.74, 6) is 0.315. The minimum atomic E-state index is -0.325. The maximum atomic E-state index is 11.5. The molecule has 0 aliphatic heterocycles. The van der Waals surface area contributed by atoms with Crippen molar-refractivity contribution in [1.29, 1.82) is 0 Å². The van der Waals surface area contributed by atoms with E-state index in [1.165, 1.54) is 0 Å². The quantitative estimate of drug-likeness (QED) is 0.771. The molecule has 0 saturated heterocycles. The van der Waals surface area contributed by atoms with Gasteiger partial charge in [0.25, 0.3) is 5.91 Å². The van der Waals surface area contributed by atoms with E-state index in [9.17, 15) is 4.79 Å². The Hall–Kier alpha value is -1.36. The first-order valence-electron chi connectivity index (χ1n) is 4.77.